The van der Waals surface area contributed by atoms with Crippen LogP contribution in [0.1, 0.15) is 23.7 Å². The molecule has 7 heteroatoms. The Hall–Kier alpha value is -2.90. The third kappa shape index (κ3) is 3.58. The largest absolute Gasteiger partial charge is 0.453 e. The monoisotopic (exact) mass is 396 g/mol. The second kappa shape index (κ2) is 7.26. The molecule has 2 heterocycles. The second-order valence-corrected chi connectivity index (χ2v) is 8.28. The minimum atomic E-state index is -4.12. The first kappa shape index (κ1) is 18.5. The summed E-state index contributed by atoms with van der Waals surface area (Å²) in [5, 5.41) is 0. The number of ether oxygens (including phenoxy) is 1. The van der Waals surface area contributed by atoms with E-state index in [-0.39, 0.29) is 12.2 Å². The zero-order valence-electron chi connectivity index (χ0n) is 15.3. The van der Waals surface area contributed by atoms with E-state index >= 15 is 0 Å². The summed E-state index contributed by atoms with van der Waals surface area (Å²) in [7, 11) is -4.12. The smallest absolute Gasteiger partial charge is 0.264 e. The lowest BCUT2D eigenvalue weighted by Gasteiger charge is -2.38. The van der Waals surface area contributed by atoms with Crippen molar-refractivity contribution < 1.29 is 17.7 Å². The highest BCUT2D eigenvalue weighted by atomic mass is 32.2. The Kier molecular flexibility index (Phi) is 4.78. The van der Waals surface area contributed by atoms with E-state index in [2.05, 4.69) is 9.88 Å². The van der Waals surface area contributed by atoms with Crippen molar-refractivity contribution in [2.75, 3.05) is 10.7 Å². The lowest BCUT2D eigenvalue weighted by Crippen LogP contribution is -2.29. The van der Waals surface area contributed by atoms with Gasteiger partial charge in [0.1, 0.15) is 0 Å². The van der Waals surface area contributed by atoms with Gasteiger partial charge in [-0.1, -0.05) is 30.3 Å². The summed E-state index contributed by atoms with van der Waals surface area (Å²) < 4.78 is 38.5. The molecule has 4 rings (SSSR count). The summed E-state index contributed by atoms with van der Waals surface area (Å²) in [6, 6.07) is 18.6. The Labute approximate surface area is 164 Å². The van der Waals surface area contributed by atoms with Crippen molar-refractivity contribution in [1.29, 1.82) is 0 Å². The Morgan fingerprint density at radius 1 is 1.00 bits per heavy atom. The minimum absolute atomic E-state index is 0.180. The predicted octanol–water partition coefficient (Wildman–Crippen LogP) is 4.65. The first-order valence-corrected chi connectivity index (χ1v) is 10.6. The van der Waals surface area contributed by atoms with Gasteiger partial charge in [-0.25, -0.2) is 0 Å². The van der Waals surface area contributed by atoms with Gasteiger partial charge in [0.15, 0.2) is 11.5 Å². The van der Waals surface area contributed by atoms with Gasteiger partial charge in [-0.05, 0) is 49.2 Å². The summed E-state index contributed by atoms with van der Waals surface area (Å²) in [6.07, 6.45) is 1.88. The van der Waals surface area contributed by atoms with Gasteiger partial charge < -0.3 is 9.64 Å². The van der Waals surface area contributed by atoms with E-state index in [1.54, 1.807) is 6.20 Å². The van der Waals surface area contributed by atoms with Crippen molar-refractivity contribution in [2.45, 2.75) is 19.4 Å². The molecule has 0 aliphatic carbocycles. The van der Waals surface area contributed by atoms with Crippen LogP contribution in [0.2, 0.25) is 0 Å². The molecule has 0 amide bonds. The van der Waals surface area contributed by atoms with E-state index in [4.69, 9.17) is 4.74 Å². The standard InChI is InChI=1S/C21H20N2O4S/c1-15-7-6-13-22-21(15)18(12-14-28(24,25)26)23-16-8-2-4-10-19(16)27-20-11-5-3-9-17(20)23/h2-11,13,18H,12,14H2,1H3,(H,24,25,26). The number of hydrogen-bond acceptors (Lipinski definition) is 5. The number of benzene rings is 2. The quantitative estimate of drug-likeness (QED) is 0.632. The maximum absolute atomic E-state index is 11.5. The van der Waals surface area contributed by atoms with Gasteiger partial charge >= 0.3 is 0 Å². The van der Waals surface area contributed by atoms with Crippen LogP contribution in [0, 0.1) is 6.92 Å². The number of hydrogen-bond donors (Lipinski definition) is 1. The summed E-state index contributed by atoms with van der Waals surface area (Å²) in [5.41, 5.74) is 3.36. The predicted molar refractivity (Wildman–Crippen MR) is 108 cm³/mol. The van der Waals surface area contributed by atoms with Crippen molar-refractivity contribution in [3.05, 3.63) is 78.1 Å². The van der Waals surface area contributed by atoms with Crippen LogP contribution in [0.3, 0.4) is 0 Å². The number of aryl methyl sites for hydroxylation is 1. The third-order valence-corrected chi connectivity index (χ3v) is 5.55. The molecule has 1 aromatic heterocycles. The topological polar surface area (TPSA) is 79.7 Å². The fourth-order valence-electron chi connectivity index (χ4n) is 3.56. The van der Waals surface area contributed by atoms with Crippen molar-refractivity contribution in [3.8, 4) is 11.5 Å². The minimum Gasteiger partial charge on any atom is -0.453 e. The van der Waals surface area contributed by atoms with Crippen LogP contribution in [-0.4, -0.2) is 23.7 Å². The molecule has 0 saturated heterocycles. The second-order valence-electron chi connectivity index (χ2n) is 6.70. The molecule has 28 heavy (non-hydrogen) atoms. The van der Waals surface area contributed by atoms with Gasteiger partial charge in [-0.2, -0.15) is 8.42 Å². The van der Waals surface area contributed by atoms with Gasteiger partial charge in [-0.3, -0.25) is 9.54 Å². The molecule has 2 aromatic carbocycles. The molecular weight excluding hydrogens is 376 g/mol. The summed E-state index contributed by atoms with van der Waals surface area (Å²) in [6.45, 7) is 1.95. The number of para-hydroxylation sites is 4. The highest BCUT2D eigenvalue weighted by molar-refractivity contribution is 7.85. The summed E-state index contributed by atoms with van der Waals surface area (Å²) in [4.78, 5) is 6.59. The Morgan fingerprint density at radius 3 is 2.18 bits per heavy atom. The first-order chi connectivity index (χ1) is 13.4. The van der Waals surface area contributed by atoms with Crippen LogP contribution in [0.25, 0.3) is 0 Å². The van der Waals surface area contributed by atoms with Gasteiger partial charge in [0.25, 0.3) is 10.1 Å². The summed E-state index contributed by atoms with van der Waals surface area (Å²) >= 11 is 0. The Bertz CT molecular complexity index is 1070. The molecule has 1 N–H and O–H groups in total. The molecule has 6 nitrogen and oxygen atoms in total. The molecule has 3 aromatic rings. The molecule has 1 unspecified atom stereocenters. The molecule has 1 atom stereocenters. The molecule has 0 saturated carbocycles. The number of rotatable bonds is 5. The zero-order chi connectivity index (χ0) is 19.7. The molecule has 1 aliphatic heterocycles. The van der Waals surface area contributed by atoms with Crippen molar-refractivity contribution in [2.24, 2.45) is 0 Å². The van der Waals surface area contributed by atoms with Crippen LogP contribution in [0.15, 0.2) is 66.9 Å². The molecule has 0 radical (unpaired) electrons. The van der Waals surface area contributed by atoms with E-state index < -0.39 is 16.2 Å². The number of anilines is 2. The molecule has 0 bridgehead atoms. The first-order valence-electron chi connectivity index (χ1n) is 8.96. The Balaban J connectivity index is 1.89. The molecular formula is C21H20N2O4S. The maximum Gasteiger partial charge on any atom is 0.264 e. The van der Waals surface area contributed by atoms with Crippen LogP contribution in [0.5, 0.6) is 11.5 Å². The lowest BCUT2D eigenvalue weighted by atomic mass is 10.0. The van der Waals surface area contributed by atoms with E-state index in [1.807, 2.05) is 67.6 Å². The van der Waals surface area contributed by atoms with Crippen LogP contribution >= 0.6 is 0 Å². The third-order valence-electron chi connectivity index (χ3n) is 4.80. The van der Waals surface area contributed by atoms with Crippen molar-refractivity contribution in [3.63, 3.8) is 0 Å². The molecule has 144 valence electrons. The van der Waals surface area contributed by atoms with Gasteiger partial charge in [-0.15, -0.1) is 0 Å². The normalized spacial score (nSPS) is 14.0. The summed E-state index contributed by atoms with van der Waals surface area (Å²) in [5.74, 6) is 1.01. The highest BCUT2D eigenvalue weighted by Crippen LogP contribution is 2.50. The van der Waals surface area contributed by atoms with Gasteiger partial charge in [0.05, 0.1) is 28.9 Å². The fourth-order valence-corrected chi connectivity index (χ4v) is 4.09. The van der Waals surface area contributed by atoms with Crippen molar-refractivity contribution in [1.82, 2.24) is 4.98 Å². The number of pyridine rings is 1. The van der Waals surface area contributed by atoms with Crippen LogP contribution in [-0.2, 0) is 10.1 Å². The van der Waals surface area contributed by atoms with E-state index in [9.17, 15) is 13.0 Å². The SMILES string of the molecule is Cc1cccnc1C(CCS(=O)(=O)O)N1c2ccccc2Oc2ccccc21. The highest BCUT2D eigenvalue weighted by Gasteiger charge is 2.32. The fraction of sp³-hybridized carbons (Fsp3) is 0.190. The molecule has 0 fully saturated rings. The van der Waals surface area contributed by atoms with E-state index in [1.165, 1.54) is 0 Å². The average molecular weight is 396 g/mol. The number of aromatic nitrogens is 1. The van der Waals surface area contributed by atoms with Crippen LogP contribution < -0.4 is 9.64 Å². The van der Waals surface area contributed by atoms with Gasteiger partial charge in [0, 0.05) is 6.20 Å². The Morgan fingerprint density at radius 2 is 1.61 bits per heavy atom. The molecule has 0 spiro atoms. The lowest BCUT2D eigenvalue weighted by molar-refractivity contribution is 0.460. The van der Waals surface area contributed by atoms with E-state index in [0.29, 0.717) is 11.5 Å². The molecule has 1 aliphatic rings. The average Bonchev–Trinajstić information content (AvgIpc) is 2.67. The van der Waals surface area contributed by atoms with Crippen LogP contribution in [0.4, 0.5) is 11.4 Å². The van der Waals surface area contributed by atoms with E-state index in [0.717, 1.165) is 22.6 Å². The van der Waals surface area contributed by atoms with Gasteiger partial charge in [0.2, 0.25) is 0 Å². The number of nitrogens with zero attached hydrogens (tertiary/aromatic N) is 2. The maximum atomic E-state index is 11.5. The zero-order valence-corrected chi connectivity index (χ0v) is 16.1. The number of fused-ring (bicyclic) bond motifs is 2. The van der Waals surface area contributed by atoms with Crippen molar-refractivity contribution >= 4 is 21.5 Å².